The van der Waals surface area contributed by atoms with Gasteiger partial charge in [0, 0.05) is 22.8 Å². The lowest BCUT2D eigenvalue weighted by Gasteiger charge is -2.12. The fourth-order valence-electron chi connectivity index (χ4n) is 2.80. The van der Waals surface area contributed by atoms with Gasteiger partial charge in [-0.3, -0.25) is 14.9 Å². The Morgan fingerprint density at radius 2 is 2.00 bits per heavy atom. The van der Waals surface area contributed by atoms with E-state index in [1.54, 1.807) is 48.5 Å². The zero-order valence-electron chi connectivity index (χ0n) is 16.7. The van der Waals surface area contributed by atoms with Crippen LogP contribution in [0.2, 0.25) is 5.02 Å². The molecule has 3 aromatic rings. The number of rotatable bonds is 7. The number of carbonyl (C=O) groups excluding carboxylic acids is 1. The van der Waals surface area contributed by atoms with E-state index in [9.17, 15) is 20.2 Å². The Morgan fingerprint density at radius 3 is 2.67 bits per heavy atom. The molecule has 0 fully saturated rings. The van der Waals surface area contributed by atoms with Crippen LogP contribution < -0.4 is 10.1 Å². The molecule has 0 saturated carbocycles. The van der Waals surface area contributed by atoms with Crippen LogP contribution in [0.5, 0.6) is 5.75 Å². The van der Waals surface area contributed by atoms with Crippen molar-refractivity contribution in [2.24, 2.45) is 0 Å². The lowest BCUT2D eigenvalue weighted by atomic mass is 10.1. The highest BCUT2D eigenvalue weighted by atomic mass is 127. The molecule has 3 rings (SSSR count). The third-order valence-corrected chi connectivity index (χ3v) is 5.91. The summed E-state index contributed by atoms with van der Waals surface area (Å²) in [6.07, 6.45) is 1.47. The predicted octanol–water partition coefficient (Wildman–Crippen LogP) is 6.74. The molecule has 0 bridgehead atoms. The van der Waals surface area contributed by atoms with E-state index >= 15 is 0 Å². The second kappa shape index (κ2) is 11.3. The van der Waals surface area contributed by atoms with Gasteiger partial charge in [-0.2, -0.15) is 5.26 Å². The van der Waals surface area contributed by atoms with Crippen molar-refractivity contribution in [3.05, 3.63) is 101 Å². The number of nitrogens with one attached hydrogen (secondary N) is 1. The number of benzene rings is 3. The summed E-state index contributed by atoms with van der Waals surface area (Å²) in [6.45, 7) is 0.136. The SMILES string of the molecule is N#C/C(=C\c1cc(Br)c(OCc2cccc([N+](=O)[O-])c2)c(I)c1)C(=O)Nc1cccc(Cl)c1. The lowest BCUT2D eigenvalue weighted by molar-refractivity contribution is -0.384. The minimum Gasteiger partial charge on any atom is -0.487 e. The molecule has 0 aliphatic carbocycles. The smallest absolute Gasteiger partial charge is 0.269 e. The van der Waals surface area contributed by atoms with E-state index in [0.717, 1.165) is 3.57 Å². The first kappa shape index (κ1) is 24.7. The van der Waals surface area contributed by atoms with Gasteiger partial charge in [-0.25, -0.2) is 0 Å². The van der Waals surface area contributed by atoms with E-state index in [-0.39, 0.29) is 17.9 Å². The Bertz CT molecular complexity index is 1280. The van der Waals surface area contributed by atoms with E-state index in [1.807, 2.05) is 6.07 Å². The maximum absolute atomic E-state index is 12.5. The summed E-state index contributed by atoms with van der Waals surface area (Å²) in [6, 6.07) is 18.2. The summed E-state index contributed by atoms with van der Waals surface area (Å²) >= 11 is 11.5. The number of halogens is 3. The number of anilines is 1. The van der Waals surface area contributed by atoms with Gasteiger partial charge >= 0.3 is 0 Å². The Kier molecular flexibility index (Phi) is 8.43. The average Bonchev–Trinajstić information content (AvgIpc) is 2.77. The van der Waals surface area contributed by atoms with Gasteiger partial charge in [0.1, 0.15) is 24.0 Å². The molecule has 10 heteroatoms. The van der Waals surface area contributed by atoms with Crippen LogP contribution in [0.4, 0.5) is 11.4 Å². The summed E-state index contributed by atoms with van der Waals surface area (Å²) in [7, 11) is 0. The van der Waals surface area contributed by atoms with E-state index in [4.69, 9.17) is 16.3 Å². The molecule has 0 heterocycles. The molecule has 0 unspecified atom stereocenters. The first-order valence-corrected chi connectivity index (χ1v) is 11.6. The molecule has 3 aromatic carbocycles. The number of nitro benzene ring substituents is 1. The van der Waals surface area contributed by atoms with E-state index < -0.39 is 10.8 Å². The number of carbonyl (C=O) groups is 1. The number of ether oxygens (including phenoxy) is 1. The normalized spacial score (nSPS) is 10.9. The summed E-state index contributed by atoms with van der Waals surface area (Å²) in [4.78, 5) is 23.0. The third kappa shape index (κ3) is 6.77. The van der Waals surface area contributed by atoms with Gasteiger partial charge in [0.25, 0.3) is 11.6 Å². The molecule has 1 amide bonds. The number of hydrogen-bond donors (Lipinski definition) is 1. The monoisotopic (exact) mass is 637 g/mol. The summed E-state index contributed by atoms with van der Waals surface area (Å²) in [5.74, 6) is -0.0157. The lowest BCUT2D eigenvalue weighted by Crippen LogP contribution is -2.13. The highest BCUT2D eigenvalue weighted by Gasteiger charge is 2.14. The largest absolute Gasteiger partial charge is 0.487 e. The molecule has 33 heavy (non-hydrogen) atoms. The molecule has 0 radical (unpaired) electrons. The maximum atomic E-state index is 12.5. The fraction of sp³-hybridized carbons (Fsp3) is 0.0435. The topological polar surface area (TPSA) is 105 Å². The minimum atomic E-state index is -0.558. The van der Waals surface area contributed by atoms with Crippen molar-refractivity contribution in [2.45, 2.75) is 6.61 Å². The average molecular weight is 639 g/mol. The van der Waals surface area contributed by atoms with Crippen LogP contribution in [0, 0.1) is 25.0 Å². The molecule has 0 aliphatic heterocycles. The van der Waals surface area contributed by atoms with Gasteiger partial charge in [0.15, 0.2) is 0 Å². The standard InChI is InChI=1S/C23H14BrClIN3O4/c24-20-9-15(7-16(12-27)23(30)28-18-5-2-4-17(25)11-18)10-21(26)22(20)33-13-14-3-1-6-19(8-14)29(31)32/h1-11H,13H2,(H,28,30)/b16-7+. The Hall–Kier alpha value is -2.94. The molecule has 0 aliphatic rings. The third-order valence-electron chi connectivity index (χ3n) is 4.28. The van der Waals surface area contributed by atoms with Gasteiger partial charge in [0.2, 0.25) is 0 Å². The van der Waals surface area contributed by atoms with Crippen LogP contribution in [-0.4, -0.2) is 10.8 Å². The zero-order valence-corrected chi connectivity index (χ0v) is 21.2. The number of non-ortho nitro benzene ring substituents is 1. The zero-order chi connectivity index (χ0) is 24.0. The number of amides is 1. The van der Waals surface area contributed by atoms with Crippen molar-refractivity contribution >= 4 is 73.5 Å². The van der Waals surface area contributed by atoms with Crippen molar-refractivity contribution < 1.29 is 14.5 Å². The second-order valence-corrected chi connectivity index (χ2v) is 9.12. The number of hydrogen-bond acceptors (Lipinski definition) is 5. The van der Waals surface area contributed by atoms with Crippen molar-refractivity contribution in [1.29, 1.82) is 5.26 Å². The summed E-state index contributed by atoms with van der Waals surface area (Å²) < 4.78 is 7.20. The summed E-state index contributed by atoms with van der Waals surface area (Å²) in [5, 5.41) is 23.5. The van der Waals surface area contributed by atoms with Crippen LogP contribution in [0.1, 0.15) is 11.1 Å². The number of nitrogens with zero attached hydrogens (tertiary/aromatic N) is 2. The molecular formula is C23H14BrClIN3O4. The minimum absolute atomic E-state index is 0.00886. The molecule has 0 spiro atoms. The fourth-order valence-corrected chi connectivity index (χ4v) is 4.76. The molecule has 0 aromatic heterocycles. The summed E-state index contributed by atoms with van der Waals surface area (Å²) in [5.41, 5.74) is 1.66. The second-order valence-electron chi connectivity index (χ2n) is 6.66. The molecule has 1 N–H and O–H groups in total. The molecular weight excluding hydrogens is 625 g/mol. The van der Waals surface area contributed by atoms with Crippen molar-refractivity contribution in [1.82, 2.24) is 0 Å². The van der Waals surface area contributed by atoms with Crippen molar-refractivity contribution in [3.8, 4) is 11.8 Å². The quantitative estimate of drug-likeness (QED) is 0.102. The molecule has 0 atom stereocenters. The van der Waals surface area contributed by atoms with Crippen molar-refractivity contribution in [2.75, 3.05) is 5.32 Å². The van der Waals surface area contributed by atoms with Crippen LogP contribution in [0.25, 0.3) is 6.08 Å². The van der Waals surface area contributed by atoms with Crippen molar-refractivity contribution in [3.63, 3.8) is 0 Å². The van der Waals surface area contributed by atoms with Gasteiger partial charge in [0.05, 0.1) is 13.0 Å². The number of nitriles is 1. The molecule has 7 nitrogen and oxygen atoms in total. The Labute approximate surface area is 216 Å². The Morgan fingerprint density at radius 1 is 1.24 bits per heavy atom. The highest BCUT2D eigenvalue weighted by molar-refractivity contribution is 14.1. The van der Waals surface area contributed by atoms with Crippen LogP contribution in [-0.2, 0) is 11.4 Å². The van der Waals surface area contributed by atoms with Crippen LogP contribution >= 0.6 is 50.1 Å². The van der Waals surface area contributed by atoms with Crippen LogP contribution in [0.3, 0.4) is 0 Å². The predicted molar refractivity (Wildman–Crippen MR) is 138 cm³/mol. The van der Waals surface area contributed by atoms with Gasteiger partial charge in [-0.05, 0) is 86.1 Å². The Balaban J connectivity index is 1.77. The van der Waals surface area contributed by atoms with Crippen LogP contribution in [0.15, 0.2) is 70.7 Å². The number of nitro groups is 1. The van der Waals surface area contributed by atoms with E-state index in [2.05, 4.69) is 43.8 Å². The first-order valence-electron chi connectivity index (χ1n) is 9.30. The molecule has 0 saturated heterocycles. The van der Waals surface area contributed by atoms with Gasteiger partial charge in [-0.1, -0.05) is 29.8 Å². The highest BCUT2D eigenvalue weighted by Crippen LogP contribution is 2.33. The molecule has 166 valence electrons. The maximum Gasteiger partial charge on any atom is 0.269 e. The van der Waals surface area contributed by atoms with E-state index in [1.165, 1.54) is 18.2 Å². The van der Waals surface area contributed by atoms with E-state index in [0.29, 0.717) is 32.1 Å². The van der Waals surface area contributed by atoms with Gasteiger partial charge in [-0.15, -0.1) is 0 Å². The first-order chi connectivity index (χ1) is 15.8. The van der Waals surface area contributed by atoms with Gasteiger partial charge < -0.3 is 10.1 Å².